The molecule has 4 aromatic rings. The van der Waals surface area contributed by atoms with Crippen molar-refractivity contribution in [2.75, 3.05) is 5.32 Å². The summed E-state index contributed by atoms with van der Waals surface area (Å²) in [6.07, 6.45) is 0. The van der Waals surface area contributed by atoms with Crippen LogP contribution in [-0.4, -0.2) is 5.11 Å². The number of halogens is 2. The van der Waals surface area contributed by atoms with Crippen molar-refractivity contribution in [3.8, 4) is 5.75 Å². The summed E-state index contributed by atoms with van der Waals surface area (Å²) in [5.41, 5.74) is 1.68. The number of rotatable bonds is 7. The zero-order valence-electron chi connectivity index (χ0n) is 17.2. The largest absolute Gasteiger partial charge is 0.502 e. The summed E-state index contributed by atoms with van der Waals surface area (Å²) in [4.78, 5) is 22.9. The zero-order valence-corrected chi connectivity index (χ0v) is 18.0. The van der Waals surface area contributed by atoms with Crippen LogP contribution in [0.3, 0.4) is 0 Å². The minimum atomic E-state index is -0.888. The van der Waals surface area contributed by atoms with Crippen molar-refractivity contribution in [2.45, 2.75) is 19.0 Å². The first-order valence-electron chi connectivity index (χ1n) is 9.89. The van der Waals surface area contributed by atoms with Gasteiger partial charge in [-0.1, -0.05) is 54.6 Å². The second-order valence-electron chi connectivity index (χ2n) is 7.42. The van der Waals surface area contributed by atoms with E-state index in [1.54, 1.807) is 18.2 Å². The molecule has 0 aliphatic rings. The van der Waals surface area contributed by atoms with E-state index in [4.69, 9.17) is 0 Å². The molecule has 0 aromatic heterocycles. The van der Waals surface area contributed by atoms with Crippen molar-refractivity contribution >= 4 is 23.8 Å². The molecule has 1 unspecified atom stereocenters. The Morgan fingerprint density at radius 1 is 0.812 bits per heavy atom. The molecule has 0 spiro atoms. The van der Waals surface area contributed by atoms with Gasteiger partial charge >= 0.3 is 0 Å². The number of hydrogen-bond acceptors (Lipinski definition) is 5. The number of benzene rings is 3. The first kappa shape index (κ1) is 23.2. The summed E-state index contributed by atoms with van der Waals surface area (Å²) in [5, 5.41) is 16.0. The lowest BCUT2D eigenvalue weighted by molar-refractivity contribution is 0.466. The highest BCUT2D eigenvalue weighted by atomic mass is 35.5. The lowest BCUT2D eigenvalue weighted by Crippen LogP contribution is -2.32. The maximum Gasteiger partial charge on any atom is 0.271 e. The van der Waals surface area contributed by atoms with Crippen LogP contribution >= 0.6 is 12.4 Å². The maximum atomic E-state index is 13.5. The Morgan fingerprint density at radius 2 is 1.47 bits per heavy atom. The third-order valence-electron chi connectivity index (χ3n) is 5.29. The van der Waals surface area contributed by atoms with E-state index < -0.39 is 16.6 Å². The van der Waals surface area contributed by atoms with Crippen molar-refractivity contribution in [1.29, 1.82) is 0 Å². The van der Waals surface area contributed by atoms with E-state index >= 15 is 0 Å². The Hall–Kier alpha value is -3.48. The molecule has 164 valence electrons. The van der Waals surface area contributed by atoms with Gasteiger partial charge in [0.25, 0.3) is 10.9 Å². The van der Waals surface area contributed by atoms with Crippen LogP contribution in [0, 0.1) is 5.82 Å². The molecule has 0 aliphatic carbocycles. The molecule has 2 atom stereocenters. The average Bonchev–Trinajstić information content (AvgIpc) is 2.81. The molecule has 5 nitrogen and oxygen atoms in total. The van der Waals surface area contributed by atoms with Crippen LogP contribution in [-0.2, 0) is 0 Å². The van der Waals surface area contributed by atoms with E-state index in [9.17, 15) is 19.1 Å². The Kier molecular flexibility index (Phi) is 7.08. The Morgan fingerprint density at radius 3 is 2.12 bits per heavy atom. The summed E-state index contributed by atoms with van der Waals surface area (Å²) in [6, 6.07) is 23.3. The number of aromatic hydroxyl groups is 1. The second-order valence-corrected chi connectivity index (χ2v) is 7.42. The van der Waals surface area contributed by atoms with Crippen molar-refractivity contribution in [2.24, 2.45) is 0 Å². The normalized spacial score (nSPS) is 12.7. The molecule has 0 saturated heterocycles. The minimum Gasteiger partial charge on any atom is -0.502 e. The van der Waals surface area contributed by atoms with Crippen LogP contribution in [0.1, 0.15) is 35.7 Å². The summed E-state index contributed by atoms with van der Waals surface area (Å²) < 4.78 is 13.5. The standard InChI is InChI=1S/C25H21FN2O3.ClH/c1-15(16-6-3-2-4-7-16)27-21(17-10-12-19(26)13-11-17)18-8-5-9-20(14-18)28-22-23(29)25(31)24(22)30;/h2-15,21,27-29H,1H3;1H/t15-,21?;/m1./s1. The third-order valence-corrected chi connectivity index (χ3v) is 5.29. The molecular weight excluding hydrogens is 431 g/mol. The van der Waals surface area contributed by atoms with Crippen molar-refractivity contribution in [1.82, 2.24) is 5.32 Å². The smallest absolute Gasteiger partial charge is 0.271 e. The number of anilines is 2. The Labute approximate surface area is 190 Å². The quantitative estimate of drug-likeness (QED) is 0.353. The first-order valence-corrected chi connectivity index (χ1v) is 9.89. The van der Waals surface area contributed by atoms with Crippen LogP contribution in [0.15, 0.2) is 88.5 Å². The van der Waals surface area contributed by atoms with E-state index in [-0.39, 0.29) is 36.0 Å². The molecular formula is C25H22ClFN2O3. The molecule has 0 radical (unpaired) electrons. The summed E-state index contributed by atoms with van der Waals surface area (Å²) >= 11 is 0. The van der Waals surface area contributed by atoms with E-state index in [0.29, 0.717) is 5.69 Å². The lowest BCUT2D eigenvalue weighted by atomic mass is 9.96. The zero-order chi connectivity index (χ0) is 22.0. The molecule has 4 aromatic carbocycles. The van der Waals surface area contributed by atoms with Crippen LogP contribution in [0.5, 0.6) is 5.75 Å². The SMILES string of the molecule is C[C@@H](NC(c1ccc(F)cc1)c1cccc(Nc2c(O)c(=O)c2=O)c1)c1ccccc1.Cl. The Bertz CT molecular complexity index is 1270. The van der Waals surface area contributed by atoms with E-state index in [1.165, 1.54) is 12.1 Å². The van der Waals surface area contributed by atoms with Crippen LogP contribution < -0.4 is 21.5 Å². The lowest BCUT2D eigenvalue weighted by Gasteiger charge is -2.25. The van der Waals surface area contributed by atoms with Crippen LogP contribution in [0.25, 0.3) is 0 Å². The Balaban J connectivity index is 0.00000289. The predicted molar refractivity (Wildman–Crippen MR) is 126 cm³/mol. The monoisotopic (exact) mass is 452 g/mol. The third kappa shape index (κ3) is 4.72. The average molecular weight is 453 g/mol. The second kappa shape index (κ2) is 9.77. The summed E-state index contributed by atoms with van der Waals surface area (Å²) in [5.74, 6) is -0.870. The van der Waals surface area contributed by atoms with Gasteiger partial charge in [-0.3, -0.25) is 14.9 Å². The van der Waals surface area contributed by atoms with Gasteiger partial charge in [-0.15, -0.1) is 12.4 Å². The van der Waals surface area contributed by atoms with E-state index in [0.717, 1.165) is 16.7 Å². The molecule has 0 amide bonds. The van der Waals surface area contributed by atoms with Gasteiger partial charge in [-0.25, -0.2) is 4.39 Å². The summed E-state index contributed by atoms with van der Waals surface area (Å²) in [7, 11) is 0. The fourth-order valence-electron chi connectivity index (χ4n) is 3.56. The molecule has 0 bridgehead atoms. The molecule has 0 saturated carbocycles. The van der Waals surface area contributed by atoms with E-state index in [2.05, 4.69) is 17.6 Å². The first-order chi connectivity index (χ1) is 14.9. The number of nitrogens with one attached hydrogen (secondary N) is 2. The minimum absolute atomic E-state index is 0. The highest BCUT2D eigenvalue weighted by molar-refractivity contribution is 5.85. The topological polar surface area (TPSA) is 78.4 Å². The van der Waals surface area contributed by atoms with Gasteiger partial charge in [-0.05, 0) is 47.9 Å². The predicted octanol–water partition coefficient (Wildman–Crippen LogP) is 4.73. The van der Waals surface area contributed by atoms with Gasteiger partial charge in [-0.2, -0.15) is 0 Å². The fourth-order valence-corrected chi connectivity index (χ4v) is 3.56. The number of hydrogen-bond donors (Lipinski definition) is 3. The van der Waals surface area contributed by atoms with Gasteiger partial charge < -0.3 is 10.4 Å². The molecule has 7 heteroatoms. The summed E-state index contributed by atoms with van der Waals surface area (Å²) in [6.45, 7) is 2.05. The van der Waals surface area contributed by atoms with Gasteiger partial charge in [0.05, 0.1) is 6.04 Å². The van der Waals surface area contributed by atoms with Crippen molar-refractivity contribution < 1.29 is 9.50 Å². The van der Waals surface area contributed by atoms with Crippen LogP contribution in [0.2, 0.25) is 0 Å². The fraction of sp³-hybridized carbons (Fsp3) is 0.120. The highest BCUT2D eigenvalue weighted by Crippen LogP contribution is 2.29. The van der Waals surface area contributed by atoms with Crippen molar-refractivity contribution in [3.05, 3.63) is 122 Å². The van der Waals surface area contributed by atoms with Gasteiger partial charge in [0, 0.05) is 11.7 Å². The van der Waals surface area contributed by atoms with Gasteiger partial charge in [0.1, 0.15) is 11.5 Å². The van der Waals surface area contributed by atoms with Gasteiger partial charge in [0.2, 0.25) is 0 Å². The van der Waals surface area contributed by atoms with Crippen molar-refractivity contribution in [3.63, 3.8) is 0 Å². The maximum absolute atomic E-state index is 13.5. The molecule has 3 N–H and O–H groups in total. The molecule has 0 aliphatic heterocycles. The van der Waals surface area contributed by atoms with Gasteiger partial charge in [0.15, 0.2) is 5.75 Å². The molecule has 32 heavy (non-hydrogen) atoms. The van der Waals surface area contributed by atoms with E-state index in [1.807, 2.05) is 48.5 Å². The van der Waals surface area contributed by atoms with Crippen LogP contribution in [0.4, 0.5) is 15.8 Å². The molecule has 0 heterocycles. The molecule has 4 rings (SSSR count). The molecule has 0 fully saturated rings. The highest BCUT2D eigenvalue weighted by Gasteiger charge is 2.21.